The highest BCUT2D eigenvalue weighted by Gasteiger charge is 2.03. The largest absolute Gasteiger partial charge is 0.372 e. The van der Waals surface area contributed by atoms with Crippen LogP contribution in [-0.2, 0) is 0 Å². The van der Waals surface area contributed by atoms with Gasteiger partial charge in [-0.15, -0.1) is 24.0 Å². The molecule has 114 valence electrons. The van der Waals surface area contributed by atoms with Gasteiger partial charge in [0.2, 0.25) is 0 Å². The van der Waals surface area contributed by atoms with Gasteiger partial charge < -0.3 is 15.1 Å². The van der Waals surface area contributed by atoms with E-state index in [9.17, 15) is 0 Å². The Morgan fingerprint density at radius 2 is 1.85 bits per heavy atom. The van der Waals surface area contributed by atoms with E-state index in [2.05, 4.69) is 52.5 Å². The van der Waals surface area contributed by atoms with Crippen LogP contribution in [-0.4, -0.2) is 51.6 Å². The molecule has 1 aromatic rings. The number of aliphatic imine (C=N–C) groups is 1. The molecule has 0 atom stereocenters. The maximum atomic E-state index is 4.20. The Morgan fingerprint density at radius 3 is 2.35 bits per heavy atom. The highest BCUT2D eigenvalue weighted by Crippen LogP contribution is 2.12. The van der Waals surface area contributed by atoms with Crippen LogP contribution in [0.1, 0.15) is 13.3 Å². The van der Waals surface area contributed by atoms with Gasteiger partial charge in [0, 0.05) is 46.5 Å². The average molecular weight is 390 g/mol. The van der Waals surface area contributed by atoms with E-state index in [-0.39, 0.29) is 24.0 Å². The van der Waals surface area contributed by atoms with Gasteiger partial charge in [0.05, 0.1) is 0 Å². The molecule has 0 heterocycles. The van der Waals surface area contributed by atoms with Gasteiger partial charge in [-0.3, -0.25) is 4.99 Å². The first-order chi connectivity index (χ1) is 9.19. The van der Waals surface area contributed by atoms with Gasteiger partial charge in [-0.1, -0.05) is 18.2 Å². The number of nitrogens with one attached hydrogen (secondary N) is 1. The first-order valence-electron chi connectivity index (χ1n) is 6.87. The number of para-hydroxylation sites is 1. The van der Waals surface area contributed by atoms with E-state index < -0.39 is 0 Å². The second kappa shape index (κ2) is 10.8. The highest BCUT2D eigenvalue weighted by molar-refractivity contribution is 14.0. The summed E-state index contributed by atoms with van der Waals surface area (Å²) in [5, 5.41) is 3.35. The molecule has 0 aliphatic carbocycles. The summed E-state index contributed by atoms with van der Waals surface area (Å²) >= 11 is 0. The average Bonchev–Trinajstić information content (AvgIpc) is 2.43. The minimum atomic E-state index is 0. The lowest BCUT2D eigenvalue weighted by Crippen LogP contribution is -2.38. The fourth-order valence-electron chi connectivity index (χ4n) is 2.02. The van der Waals surface area contributed by atoms with Crippen LogP contribution in [0.3, 0.4) is 0 Å². The normalized spacial score (nSPS) is 10.7. The van der Waals surface area contributed by atoms with E-state index in [1.54, 1.807) is 0 Å². The van der Waals surface area contributed by atoms with E-state index in [0.29, 0.717) is 0 Å². The molecule has 1 rings (SSSR count). The smallest absolute Gasteiger partial charge is 0.193 e. The second-order valence-corrected chi connectivity index (χ2v) is 4.64. The van der Waals surface area contributed by atoms with Crippen LogP contribution >= 0.6 is 24.0 Å². The summed E-state index contributed by atoms with van der Waals surface area (Å²) in [6.07, 6.45) is 1.09. The Bertz CT molecular complexity index is 379. The van der Waals surface area contributed by atoms with Crippen LogP contribution < -0.4 is 10.2 Å². The number of nitrogens with zero attached hydrogens (tertiary/aromatic N) is 3. The van der Waals surface area contributed by atoms with E-state index in [0.717, 1.165) is 32.0 Å². The molecule has 1 aromatic carbocycles. The van der Waals surface area contributed by atoms with Crippen molar-refractivity contribution in [2.45, 2.75) is 13.3 Å². The molecule has 0 unspecified atom stereocenters. The highest BCUT2D eigenvalue weighted by atomic mass is 127. The van der Waals surface area contributed by atoms with Gasteiger partial charge >= 0.3 is 0 Å². The molecular weight excluding hydrogens is 363 g/mol. The molecule has 4 nitrogen and oxygen atoms in total. The molecule has 0 aliphatic rings. The Balaban J connectivity index is 0.00000361. The fraction of sp³-hybridized carbons (Fsp3) is 0.533. The summed E-state index contributed by atoms with van der Waals surface area (Å²) in [6, 6.07) is 10.6. The van der Waals surface area contributed by atoms with Gasteiger partial charge in [0.25, 0.3) is 0 Å². The van der Waals surface area contributed by atoms with Crippen molar-refractivity contribution in [3.05, 3.63) is 30.3 Å². The standard InChI is InChI=1S/C15H26N4.HI/c1-5-19(14-10-7-6-8-11-14)13-9-12-17-15(16-2)18(3)4;/h6-8,10-11H,5,9,12-13H2,1-4H3,(H,16,17);1H. The van der Waals surface area contributed by atoms with E-state index in [1.807, 2.05) is 26.0 Å². The van der Waals surface area contributed by atoms with Crippen molar-refractivity contribution < 1.29 is 0 Å². The fourth-order valence-corrected chi connectivity index (χ4v) is 2.02. The molecule has 0 radical (unpaired) electrons. The lowest BCUT2D eigenvalue weighted by molar-refractivity contribution is 0.577. The summed E-state index contributed by atoms with van der Waals surface area (Å²) in [6.45, 7) is 5.22. The maximum absolute atomic E-state index is 4.20. The zero-order valence-electron chi connectivity index (χ0n) is 13.0. The Labute approximate surface area is 140 Å². The number of rotatable bonds is 6. The summed E-state index contributed by atoms with van der Waals surface area (Å²) < 4.78 is 0. The van der Waals surface area contributed by atoms with Crippen molar-refractivity contribution in [2.75, 3.05) is 45.7 Å². The molecule has 0 fully saturated rings. The Kier molecular flexibility index (Phi) is 10.2. The van der Waals surface area contributed by atoms with E-state index in [4.69, 9.17) is 0 Å². The van der Waals surface area contributed by atoms with Crippen molar-refractivity contribution in [3.8, 4) is 0 Å². The zero-order valence-corrected chi connectivity index (χ0v) is 15.3. The topological polar surface area (TPSA) is 30.9 Å². The van der Waals surface area contributed by atoms with Crippen LogP contribution in [0.4, 0.5) is 5.69 Å². The first kappa shape index (κ1) is 19.0. The first-order valence-corrected chi connectivity index (χ1v) is 6.87. The number of guanidine groups is 1. The monoisotopic (exact) mass is 390 g/mol. The van der Waals surface area contributed by atoms with Crippen LogP contribution in [0.15, 0.2) is 35.3 Å². The van der Waals surface area contributed by atoms with Crippen LogP contribution in [0.2, 0.25) is 0 Å². The lowest BCUT2D eigenvalue weighted by atomic mass is 10.2. The quantitative estimate of drug-likeness (QED) is 0.351. The minimum absolute atomic E-state index is 0. The molecule has 0 saturated carbocycles. The number of benzene rings is 1. The van der Waals surface area contributed by atoms with Gasteiger partial charge in [-0.2, -0.15) is 0 Å². The number of halogens is 1. The Morgan fingerprint density at radius 1 is 1.20 bits per heavy atom. The van der Waals surface area contributed by atoms with Crippen molar-refractivity contribution in [1.29, 1.82) is 0 Å². The summed E-state index contributed by atoms with van der Waals surface area (Å²) in [4.78, 5) is 8.58. The van der Waals surface area contributed by atoms with Gasteiger partial charge in [-0.05, 0) is 25.5 Å². The van der Waals surface area contributed by atoms with Crippen molar-refractivity contribution in [1.82, 2.24) is 10.2 Å². The maximum Gasteiger partial charge on any atom is 0.193 e. The molecule has 5 heteroatoms. The molecule has 0 amide bonds. The Hall–Kier alpha value is -0.980. The molecule has 0 bridgehead atoms. The van der Waals surface area contributed by atoms with E-state index in [1.165, 1.54) is 5.69 Å². The molecule has 0 saturated heterocycles. The van der Waals surface area contributed by atoms with Crippen molar-refractivity contribution in [2.24, 2.45) is 4.99 Å². The van der Waals surface area contributed by atoms with Gasteiger partial charge in [0.15, 0.2) is 5.96 Å². The van der Waals surface area contributed by atoms with Crippen LogP contribution in [0.5, 0.6) is 0 Å². The molecule has 0 aliphatic heterocycles. The van der Waals surface area contributed by atoms with Crippen molar-refractivity contribution in [3.63, 3.8) is 0 Å². The van der Waals surface area contributed by atoms with Crippen LogP contribution in [0, 0.1) is 0 Å². The van der Waals surface area contributed by atoms with Gasteiger partial charge in [-0.25, -0.2) is 0 Å². The number of hydrogen-bond acceptors (Lipinski definition) is 2. The third kappa shape index (κ3) is 6.45. The zero-order chi connectivity index (χ0) is 14.1. The summed E-state index contributed by atoms with van der Waals surface area (Å²) in [5.41, 5.74) is 1.29. The lowest BCUT2D eigenvalue weighted by Gasteiger charge is -2.23. The van der Waals surface area contributed by atoms with E-state index >= 15 is 0 Å². The summed E-state index contributed by atoms with van der Waals surface area (Å²) in [7, 11) is 5.81. The number of anilines is 1. The SMILES string of the molecule is CCN(CCCNC(=NC)N(C)C)c1ccccc1.I. The molecular formula is C15H27IN4. The third-order valence-electron chi connectivity index (χ3n) is 3.03. The van der Waals surface area contributed by atoms with Crippen LogP contribution in [0.25, 0.3) is 0 Å². The van der Waals surface area contributed by atoms with Crippen molar-refractivity contribution >= 4 is 35.6 Å². The minimum Gasteiger partial charge on any atom is -0.372 e. The number of hydrogen-bond donors (Lipinski definition) is 1. The molecule has 1 N–H and O–H groups in total. The third-order valence-corrected chi connectivity index (χ3v) is 3.03. The molecule has 0 spiro atoms. The van der Waals surface area contributed by atoms with Gasteiger partial charge in [0.1, 0.15) is 0 Å². The predicted octanol–water partition coefficient (Wildman–Crippen LogP) is 2.66. The second-order valence-electron chi connectivity index (χ2n) is 4.64. The molecule has 0 aromatic heterocycles. The summed E-state index contributed by atoms with van der Waals surface area (Å²) in [5.74, 6) is 0.933. The molecule has 20 heavy (non-hydrogen) atoms. The predicted molar refractivity (Wildman–Crippen MR) is 99.4 cm³/mol.